The number of ether oxygens (including phenoxy) is 1. The van der Waals surface area contributed by atoms with Gasteiger partial charge in [-0.25, -0.2) is 9.98 Å². The number of aryl methyl sites for hydroxylation is 1. The molecule has 1 saturated heterocycles. The third-order valence-corrected chi connectivity index (χ3v) is 4.65. The van der Waals surface area contributed by atoms with Crippen LogP contribution in [0.2, 0.25) is 0 Å². The molecule has 7 nitrogen and oxygen atoms in total. The van der Waals surface area contributed by atoms with Crippen LogP contribution in [-0.4, -0.2) is 66.3 Å². The molecular formula is C19H31IN6O. The average molecular weight is 486 g/mol. The second kappa shape index (κ2) is 11.5. The standard InChI is InChI=1S/C19H30N6O.HI/c1-3-20-19(21-9-6-10-25-11-13-26-14-12-25)22-15-18-23-16-7-4-5-8-17(16)24(18)2;/h4-5,7-8H,3,6,9-15H2,1-2H3,(H2,20,21,22);1H. The van der Waals surface area contributed by atoms with Gasteiger partial charge in [0.05, 0.1) is 24.2 Å². The van der Waals surface area contributed by atoms with Gasteiger partial charge in [0, 0.05) is 33.2 Å². The highest BCUT2D eigenvalue weighted by atomic mass is 127. The Balaban J connectivity index is 0.00000261. The van der Waals surface area contributed by atoms with Gasteiger partial charge in [0.2, 0.25) is 0 Å². The van der Waals surface area contributed by atoms with Gasteiger partial charge in [0.25, 0.3) is 0 Å². The Bertz CT molecular complexity index is 726. The first kappa shape index (κ1) is 21.9. The fourth-order valence-corrected chi connectivity index (χ4v) is 3.16. The largest absolute Gasteiger partial charge is 0.379 e. The molecule has 2 heterocycles. The number of imidazole rings is 1. The van der Waals surface area contributed by atoms with Crippen molar-refractivity contribution in [3.05, 3.63) is 30.1 Å². The second-order valence-electron chi connectivity index (χ2n) is 6.51. The highest BCUT2D eigenvalue weighted by Gasteiger charge is 2.10. The Morgan fingerprint density at radius 3 is 2.74 bits per heavy atom. The van der Waals surface area contributed by atoms with E-state index in [0.717, 1.165) is 75.2 Å². The third kappa shape index (κ3) is 6.32. The van der Waals surface area contributed by atoms with E-state index in [0.29, 0.717) is 6.54 Å². The van der Waals surface area contributed by atoms with Gasteiger partial charge < -0.3 is 19.9 Å². The van der Waals surface area contributed by atoms with Crippen LogP contribution in [0.1, 0.15) is 19.2 Å². The summed E-state index contributed by atoms with van der Waals surface area (Å²) in [4.78, 5) is 11.8. The van der Waals surface area contributed by atoms with E-state index < -0.39 is 0 Å². The first-order chi connectivity index (χ1) is 12.8. The van der Waals surface area contributed by atoms with Gasteiger partial charge >= 0.3 is 0 Å². The minimum Gasteiger partial charge on any atom is -0.379 e. The lowest BCUT2D eigenvalue weighted by Gasteiger charge is -2.26. The number of nitrogens with zero attached hydrogens (tertiary/aromatic N) is 4. The number of morpholine rings is 1. The molecule has 2 aromatic rings. The minimum absolute atomic E-state index is 0. The molecule has 0 unspecified atom stereocenters. The molecule has 1 aliphatic heterocycles. The van der Waals surface area contributed by atoms with Crippen molar-refractivity contribution in [2.45, 2.75) is 19.9 Å². The van der Waals surface area contributed by atoms with E-state index in [1.54, 1.807) is 0 Å². The summed E-state index contributed by atoms with van der Waals surface area (Å²) >= 11 is 0. The topological polar surface area (TPSA) is 66.7 Å². The molecule has 0 amide bonds. The van der Waals surface area contributed by atoms with Gasteiger partial charge in [-0.05, 0) is 32.0 Å². The zero-order chi connectivity index (χ0) is 18.2. The predicted molar refractivity (Wildman–Crippen MR) is 121 cm³/mol. The van der Waals surface area contributed by atoms with Crippen LogP contribution >= 0.6 is 24.0 Å². The summed E-state index contributed by atoms with van der Waals surface area (Å²) in [5.41, 5.74) is 2.16. The van der Waals surface area contributed by atoms with Crippen molar-refractivity contribution in [1.29, 1.82) is 0 Å². The lowest BCUT2D eigenvalue weighted by Crippen LogP contribution is -2.40. The Kier molecular flexibility index (Phi) is 9.29. The van der Waals surface area contributed by atoms with Gasteiger partial charge in [-0.3, -0.25) is 4.90 Å². The molecule has 1 aliphatic rings. The molecule has 0 radical (unpaired) electrons. The van der Waals surface area contributed by atoms with Crippen LogP contribution < -0.4 is 10.6 Å². The predicted octanol–water partition coefficient (Wildman–Crippen LogP) is 1.97. The zero-order valence-electron chi connectivity index (χ0n) is 16.3. The molecule has 150 valence electrons. The lowest BCUT2D eigenvalue weighted by atomic mass is 10.3. The number of aromatic nitrogens is 2. The molecular weight excluding hydrogens is 455 g/mol. The number of benzene rings is 1. The molecule has 1 aromatic heterocycles. The smallest absolute Gasteiger partial charge is 0.191 e. The molecule has 1 aromatic carbocycles. The van der Waals surface area contributed by atoms with E-state index in [9.17, 15) is 0 Å². The monoisotopic (exact) mass is 486 g/mol. The van der Waals surface area contributed by atoms with Gasteiger partial charge in [-0.1, -0.05) is 12.1 Å². The normalized spacial score (nSPS) is 15.6. The van der Waals surface area contributed by atoms with Crippen LogP contribution in [0.15, 0.2) is 29.3 Å². The minimum atomic E-state index is 0. The maximum Gasteiger partial charge on any atom is 0.191 e. The van der Waals surface area contributed by atoms with Crippen LogP contribution in [0.4, 0.5) is 0 Å². The van der Waals surface area contributed by atoms with E-state index in [-0.39, 0.29) is 24.0 Å². The maximum absolute atomic E-state index is 5.39. The lowest BCUT2D eigenvalue weighted by molar-refractivity contribution is 0.0376. The summed E-state index contributed by atoms with van der Waals surface area (Å²) in [5.74, 6) is 1.82. The molecule has 2 N–H and O–H groups in total. The highest BCUT2D eigenvalue weighted by Crippen LogP contribution is 2.14. The Labute approximate surface area is 178 Å². The van der Waals surface area contributed by atoms with E-state index in [1.807, 2.05) is 25.2 Å². The van der Waals surface area contributed by atoms with Crippen molar-refractivity contribution in [3.63, 3.8) is 0 Å². The summed E-state index contributed by atoms with van der Waals surface area (Å²) in [6, 6.07) is 8.18. The molecule has 3 rings (SSSR count). The van der Waals surface area contributed by atoms with Crippen molar-refractivity contribution in [3.8, 4) is 0 Å². The fourth-order valence-electron chi connectivity index (χ4n) is 3.16. The van der Waals surface area contributed by atoms with Gasteiger partial charge in [-0.15, -0.1) is 24.0 Å². The number of halogens is 1. The van der Waals surface area contributed by atoms with Crippen molar-refractivity contribution in [1.82, 2.24) is 25.1 Å². The van der Waals surface area contributed by atoms with E-state index in [2.05, 4.69) is 38.1 Å². The van der Waals surface area contributed by atoms with E-state index in [1.165, 1.54) is 0 Å². The number of para-hydroxylation sites is 2. The molecule has 0 bridgehead atoms. The first-order valence-corrected chi connectivity index (χ1v) is 9.50. The van der Waals surface area contributed by atoms with Crippen LogP contribution in [0.3, 0.4) is 0 Å². The molecule has 8 heteroatoms. The van der Waals surface area contributed by atoms with Gasteiger partial charge in [0.15, 0.2) is 5.96 Å². The average Bonchev–Trinajstić information content (AvgIpc) is 3.00. The summed E-state index contributed by atoms with van der Waals surface area (Å²) in [7, 11) is 2.04. The van der Waals surface area contributed by atoms with Crippen molar-refractivity contribution >= 4 is 41.0 Å². The number of nitrogens with one attached hydrogen (secondary N) is 2. The Morgan fingerprint density at radius 1 is 1.22 bits per heavy atom. The number of rotatable bonds is 7. The van der Waals surface area contributed by atoms with Crippen LogP contribution in [0.5, 0.6) is 0 Å². The first-order valence-electron chi connectivity index (χ1n) is 9.50. The van der Waals surface area contributed by atoms with Crippen LogP contribution in [0.25, 0.3) is 11.0 Å². The van der Waals surface area contributed by atoms with Crippen LogP contribution in [-0.2, 0) is 18.3 Å². The number of hydrogen-bond acceptors (Lipinski definition) is 4. The number of aliphatic imine (C=N–C) groups is 1. The second-order valence-corrected chi connectivity index (χ2v) is 6.51. The maximum atomic E-state index is 5.39. The quantitative estimate of drug-likeness (QED) is 0.271. The Hall–Kier alpha value is -1.39. The molecule has 0 saturated carbocycles. The number of fused-ring (bicyclic) bond motifs is 1. The van der Waals surface area contributed by atoms with Crippen LogP contribution in [0, 0.1) is 0 Å². The highest BCUT2D eigenvalue weighted by molar-refractivity contribution is 14.0. The molecule has 0 atom stereocenters. The number of hydrogen-bond donors (Lipinski definition) is 2. The van der Waals surface area contributed by atoms with Crippen molar-refractivity contribution in [2.75, 3.05) is 45.9 Å². The number of guanidine groups is 1. The molecule has 0 spiro atoms. The van der Waals surface area contributed by atoms with Crippen molar-refractivity contribution in [2.24, 2.45) is 12.0 Å². The zero-order valence-corrected chi connectivity index (χ0v) is 18.6. The molecule has 27 heavy (non-hydrogen) atoms. The summed E-state index contributed by atoms with van der Waals surface area (Å²) in [6.07, 6.45) is 1.09. The van der Waals surface area contributed by atoms with Gasteiger partial charge in [0.1, 0.15) is 12.4 Å². The molecule has 0 aliphatic carbocycles. The van der Waals surface area contributed by atoms with E-state index >= 15 is 0 Å². The summed E-state index contributed by atoms with van der Waals surface area (Å²) in [5, 5.41) is 6.74. The Morgan fingerprint density at radius 2 is 2.00 bits per heavy atom. The third-order valence-electron chi connectivity index (χ3n) is 4.65. The fraction of sp³-hybridized carbons (Fsp3) is 0.579. The van der Waals surface area contributed by atoms with Crippen molar-refractivity contribution < 1.29 is 4.74 Å². The van der Waals surface area contributed by atoms with Gasteiger partial charge in [-0.2, -0.15) is 0 Å². The summed E-state index contributed by atoms with van der Waals surface area (Å²) < 4.78 is 7.50. The van der Waals surface area contributed by atoms with E-state index in [4.69, 9.17) is 9.73 Å². The summed E-state index contributed by atoms with van der Waals surface area (Å²) in [6.45, 7) is 9.29. The SMILES string of the molecule is CCNC(=NCc1nc2ccccc2n1C)NCCCN1CCOCC1.I. The molecule has 1 fully saturated rings.